The largest absolute Gasteiger partial charge is 0.465 e. The number of ether oxygens (including phenoxy) is 1. The van der Waals surface area contributed by atoms with E-state index in [9.17, 15) is 9.59 Å². The minimum Gasteiger partial charge on any atom is -0.465 e. The SMILES string of the molecule is CCOC(=O)CN(C)CC(=O)N(C)C. The van der Waals surface area contributed by atoms with E-state index in [1.54, 1.807) is 33.0 Å². The molecule has 0 rings (SSSR count). The molecule has 0 fully saturated rings. The monoisotopic (exact) mass is 202 g/mol. The van der Waals surface area contributed by atoms with Crippen LogP contribution in [0.25, 0.3) is 0 Å². The summed E-state index contributed by atoms with van der Waals surface area (Å²) in [6.45, 7) is 2.50. The summed E-state index contributed by atoms with van der Waals surface area (Å²) in [6, 6.07) is 0. The molecule has 5 nitrogen and oxygen atoms in total. The minimum absolute atomic E-state index is 0.0307. The molecule has 5 heteroatoms. The topological polar surface area (TPSA) is 49.9 Å². The third-order valence-corrected chi connectivity index (χ3v) is 1.61. The van der Waals surface area contributed by atoms with Crippen LogP contribution in [0.2, 0.25) is 0 Å². The van der Waals surface area contributed by atoms with Crippen LogP contribution in [-0.4, -0.2) is 62.5 Å². The summed E-state index contributed by atoms with van der Waals surface area (Å²) in [5.74, 6) is -0.335. The molecule has 14 heavy (non-hydrogen) atoms. The number of hydrogen-bond acceptors (Lipinski definition) is 4. The zero-order chi connectivity index (χ0) is 11.1. The summed E-state index contributed by atoms with van der Waals surface area (Å²) in [5, 5.41) is 0. The molecule has 0 aromatic heterocycles. The van der Waals surface area contributed by atoms with Crippen molar-refractivity contribution in [1.29, 1.82) is 0 Å². The van der Waals surface area contributed by atoms with E-state index in [1.807, 2.05) is 0 Å². The maximum atomic E-state index is 11.2. The lowest BCUT2D eigenvalue weighted by molar-refractivity contribution is -0.144. The van der Waals surface area contributed by atoms with Gasteiger partial charge in [-0.1, -0.05) is 0 Å². The number of hydrogen-bond donors (Lipinski definition) is 0. The Morgan fingerprint density at radius 2 is 1.71 bits per heavy atom. The highest BCUT2D eigenvalue weighted by molar-refractivity contribution is 5.78. The number of esters is 1. The molecule has 1 amide bonds. The van der Waals surface area contributed by atoms with Crippen molar-refractivity contribution in [2.45, 2.75) is 6.92 Å². The van der Waals surface area contributed by atoms with Gasteiger partial charge in [-0.05, 0) is 14.0 Å². The maximum Gasteiger partial charge on any atom is 0.320 e. The molecule has 0 aromatic rings. The molecule has 0 aliphatic carbocycles. The Kier molecular flexibility index (Phi) is 5.87. The van der Waals surface area contributed by atoms with Gasteiger partial charge in [0.2, 0.25) is 5.91 Å². The number of nitrogens with zero attached hydrogens (tertiary/aromatic N) is 2. The second kappa shape index (κ2) is 6.37. The highest BCUT2D eigenvalue weighted by Crippen LogP contribution is 1.88. The van der Waals surface area contributed by atoms with Gasteiger partial charge >= 0.3 is 5.97 Å². The highest BCUT2D eigenvalue weighted by Gasteiger charge is 2.11. The summed E-state index contributed by atoms with van der Waals surface area (Å²) in [6.07, 6.45) is 0. The lowest BCUT2D eigenvalue weighted by atomic mass is 10.4. The second-order valence-electron chi connectivity index (χ2n) is 3.27. The van der Waals surface area contributed by atoms with Gasteiger partial charge < -0.3 is 9.64 Å². The van der Waals surface area contributed by atoms with Gasteiger partial charge in [0.05, 0.1) is 19.7 Å². The fourth-order valence-corrected chi connectivity index (χ4v) is 0.855. The van der Waals surface area contributed by atoms with Crippen LogP contribution in [0.1, 0.15) is 6.92 Å². The van der Waals surface area contributed by atoms with Crippen LogP contribution in [0.3, 0.4) is 0 Å². The van der Waals surface area contributed by atoms with Crippen LogP contribution in [0.15, 0.2) is 0 Å². The van der Waals surface area contributed by atoms with Crippen molar-refractivity contribution in [3.63, 3.8) is 0 Å². The summed E-state index contributed by atoms with van der Waals surface area (Å²) in [7, 11) is 5.07. The van der Waals surface area contributed by atoms with E-state index < -0.39 is 0 Å². The molecule has 0 radical (unpaired) electrons. The molecular formula is C9H18N2O3. The Bertz CT molecular complexity index is 204. The Balaban J connectivity index is 3.80. The van der Waals surface area contributed by atoms with Gasteiger partial charge in [-0.25, -0.2) is 0 Å². The third-order valence-electron chi connectivity index (χ3n) is 1.61. The predicted molar refractivity (Wildman–Crippen MR) is 52.8 cm³/mol. The zero-order valence-electron chi connectivity index (χ0n) is 9.24. The molecule has 0 aliphatic rings. The van der Waals surface area contributed by atoms with Crippen LogP contribution < -0.4 is 0 Å². The predicted octanol–water partition coefficient (Wildman–Crippen LogP) is -0.430. The Morgan fingerprint density at radius 3 is 2.14 bits per heavy atom. The number of rotatable bonds is 5. The van der Waals surface area contributed by atoms with E-state index >= 15 is 0 Å². The molecule has 0 saturated carbocycles. The summed E-state index contributed by atoms with van der Waals surface area (Å²) < 4.78 is 4.75. The number of carbonyl (C=O) groups is 2. The fraction of sp³-hybridized carbons (Fsp3) is 0.778. The molecule has 82 valence electrons. The van der Waals surface area contributed by atoms with Crippen LogP contribution in [0, 0.1) is 0 Å². The quantitative estimate of drug-likeness (QED) is 0.568. The van der Waals surface area contributed by atoms with Gasteiger partial charge in [0, 0.05) is 14.1 Å². The minimum atomic E-state index is -0.304. The van der Waals surface area contributed by atoms with E-state index in [-0.39, 0.29) is 25.0 Å². The van der Waals surface area contributed by atoms with E-state index in [0.717, 1.165) is 0 Å². The Labute approximate surface area is 84.6 Å². The lowest BCUT2D eigenvalue weighted by Crippen LogP contribution is -2.37. The van der Waals surface area contributed by atoms with Crippen LogP contribution in [0.4, 0.5) is 0 Å². The van der Waals surface area contributed by atoms with Crippen molar-refractivity contribution in [3.05, 3.63) is 0 Å². The van der Waals surface area contributed by atoms with Gasteiger partial charge in [-0.2, -0.15) is 0 Å². The maximum absolute atomic E-state index is 11.2. The molecule has 0 bridgehead atoms. The molecule has 0 unspecified atom stereocenters. The standard InChI is InChI=1S/C9H18N2O3/c1-5-14-9(13)7-11(4)6-8(12)10(2)3/h5-7H2,1-4H3. The first-order valence-corrected chi connectivity index (χ1v) is 4.51. The van der Waals surface area contributed by atoms with Crippen LogP contribution in [0.5, 0.6) is 0 Å². The average molecular weight is 202 g/mol. The van der Waals surface area contributed by atoms with Gasteiger partial charge in [-0.3, -0.25) is 14.5 Å². The molecule has 0 aromatic carbocycles. The van der Waals surface area contributed by atoms with Gasteiger partial charge in [0.15, 0.2) is 0 Å². The smallest absolute Gasteiger partial charge is 0.320 e. The molecule has 0 aliphatic heterocycles. The van der Waals surface area contributed by atoms with Gasteiger partial charge in [0.25, 0.3) is 0 Å². The molecular weight excluding hydrogens is 184 g/mol. The van der Waals surface area contributed by atoms with Crippen LogP contribution >= 0.6 is 0 Å². The summed E-state index contributed by atoms with van der Waals surface area (Å²) >= 11 is 0. The van der Waals surface area contributed by atoms with E-state index in [0.29, 0.717) is 6.61 Å². The number of amides is 1. The molecule has 0 spiro atoms. The summed E-state index contributed by atoms with van der Waals surface area (Å²) in [4.78, 5) is 25.4. The zero-order valence-corrected chi connectivity index (χ0v) is 9.24. The lowest BCUT2D eigenvalue weighted by Gasteiger charge is -2.17. The van der Waals surface area contributed by atoms with Crippen molar-refractivity contribution in [2.75, 3.05) is 40.8 Å². The van der Waals surface area contributed by atoms with Crippen molar-refractivity contribution >= 4 is 11.9 Å². The highest BCUT2D eigenvalue weighted by atomic mass is 16.5. The van der Waals surface area contributed by atoms with E-state index in [4.69, 9.17) is 4.74 Å². The van der Waals surface area contributed by atoms with Crippen molar-refractivity contribution in [1.82, 2.24) is 9.80 Å². The van der Waals surface area contributed by atoms with Crippen molar-refractivity contribution in [2.24, 2.45) is 0 Å². The second-order valence-corrected chi connectivity index (χ2v) is 3.27. The average Bonchev–Trinajstić information content (AvgIpc) is 2.03. The van der Waals surface area contributed by atoms with Crippen molar-refractivity contribution in [3.8, 4) is 0 Å². The molecule has 0 N–H and O–H groups in total. The number of likely N-dealkylation sites (N-methyl/N-ethyl adjacent to an activating group) is 2. The van der Waals surface area contributed by atoms with Gasteiger partial charge in [-0.15, -0.1) is 0 Å². The van der Waals surface area contributed by atoms with Crippen molar-refractivity contribution < 1.29 is 14.3 Å². The molecule has 0 saturated heterocycles. The fourth-order valence-electron chi connectivity index (χ4n) is 0.855. The van der Waals surface area contributed by atoms with Gasteiger partial charge in [0.1, 0.15) is 0 Å². The first-order valence-electron chi connectivity index (χ1n) is 4.51. The first kappa shape index (κ1) is 12.9. The normalized spacial score (nSPS) is 10.1. The van der Waals surface area contributed by atoms with Crippen LogP contribution in [-0.2, 0) is 14.3 Å². The van der Waals surface area contributed by atoms with E-state index in [2.05, 4.69) is 0 Å². The molecule has 0 heterocycles. The number of carbonyl (C=O) groups excluding carboxylic acids is 2. The Morgan fingerprint density at radius 1 is 1.14 bits per heavy atom. The van der Waals surface area contributed by atoms with E-state index in [1.165, 1.54) is 4.90 Å². The summed E-state index contributed by atoms with van der Waals surface area (Å²) in [5.41, 5.74) is 0. The molecule has 0 atom stereocenters. The Hall–Kier alpha value is -1.10. The first-order chi connectivity index (χ1) is 6.47. The third kappa shape index (κ3) is 5.53.